The molecule has 2 aromatic heterocycles. The lowest BCUT2D eigenvalue weighted by Crippen LogP contribution is -2.15. The van der Waals surface area contributed by atoms with E-state index in [4.69, 9.17) is 14.3 Å². The molecule has 6 heteroatoms. The van der Waals surface area contributed by atoms with E-state index in [1.165, 1.54) is 12.3 Å². The standard InChI is InChI=1S/C13H13NO4S/c15-13(16)9-4-11(18-6-9)10-7-19-12(14-10)8-2-1-3-17-5-8/h4,6-8H,1-3,5H2,(H,15,16). The lowest BCUT2D eigenvalue weighted by Gasteiger charge is -2.19. The summed E-state index contributed by atoms with van der Waals surface area (Å²) in [6, 6.07) is 1.50. The van der Waals surface area contributed by atoms with Crippen molar-refractivity contribution in [3.05, 3.63) is 28.3 Å². The molecule has 5 nitrogen and oxygen atoms in total. The maximum absolute atomic E-state index is 10.8. The molecule has 0 bridgehead atoms. The van der Waals surface area contributed by atoms with Gasteiger partial charge in [-0.25, -0.2) is 9.78 Å². The number of aromatic nitrogens is 1. The van der Waals surface area contributed by atoms with Gasteiger partial charge in [-0.3, -0.25) is 0 Å². The third kappa shape index (κ3) is 2.54. The van der Waals surface area contributed by atoms with Crippen LogP contribution in [0, 0.1) is 0 Å². The minimum absolute atomic E-state index is 0.144. The first-order chi connectivity index (χ1) is 9.24. The lowest BCUT2D eigenvalue weighted by molar-refractivity contribution is 0.0696. The molecule has 0 aromatic carbocycles. The van der Waals surface area contributed by atoms with Gasteiger partial charge in [-0.05, 0) is 12.8 Å². The Hall–Kier alpha value is -1.66. The summed E-state index contributed by atoms with van der Waals surface area (Å²) in [6.07, 6.45) is 3.38. The second-order valence-electron chi connectivity index (χ2n) is 4.49. The van der Waals surface area contributed by atoms with E-state index < -0.39 is 5.97 Å². The van der Waals surface area contributed by atoms with E-state index in [-0.39, 0.29) is 5.56 Å². The topological polar surface area (TPSA) is 72.6 Å². The zero-order valence-corrected chi connectivity index (χ0v) is 11.0. The number of rotatable bonds is 3. The predicted octanol–water partition coefficient (Wildman–Crippen LogP) is 3.00. The molecule has 2 aromatic rings. The molecule has 1 unspecified atom stereocenters. The number of aromatic carboxylic acids is 1. The van der Waals surface area contributed by atoms with Gasteiger partial charge >= 0.3 is 5.97 Å². The summed E-state index contributed by atoms with van der Waals surface area (Å²) in [5.74, 6) is -0.149. The predicted molar refractivity (Wildman–Crippen MR) is 69.6 cm³/mol. The molecule has 100 valence electrons. The van der Waals surface area contributed by atoms with Crippen LogP contribution in [0.4, 0.5) is 0 Å². The SMILES string of the molecule is O=C(O)c1coc(-c2csc(C3CCCOC3)n2)c1. The van der Waals surface area contributed by atoms with Crippen molar-refractivity contribution in [2.45, 2.75) is 18.8 Å². The number of ether oxygens (including phenoxy) is 1. The van der Waals surface area contributed by atoms with Gasteiger partial charge < -0.3 is 14.3 Å². The molecule has 1 aliphatic rings. The van der Waals surface area contributed by atoms with Crippen molar-refractivity contribution in [3.63, 3.8) is 0 Å². The minimum atomic E-state index is -0.994. The van der Waals surface area contributed by atoms with Crippen LogP contribution < -0.4 is 0 Å². The van der Waals surface area contributed by atoms with Crippen LogP contribution >= 0.6 is 11.3 Å². The zero-order chi connectivity index (χ0) is 13.2. The fraction of sp³-hybridized carbons (Fsp3) is 0.385. The van der Waals surface area contributed by atoms with Crippen molar-refractivity contribution in [2.24, 2.45) is 0 Å². The normalized spacial score (nSPS) is 19.5. The third-order valence-corrected chi connectivity index (χ3v) is 4.14. The Labute approximate surface area is 113 Å². The van der Waals surface area contributed by atoms with Crippen LogP contribution in [0.25, 0.3) is 11.5 Å². The Kier molecular flexibility index (Phi) is 3.35. The van der Waals surface area contributed by atoms with E-state index in [0.29, 0.717) is 24.0 Å². The van der Waals surface area contributed by atoms with Gasteiger partial charge in [0.05, 0.1) is 17.2 Å². The second kappa shape index (κ2) is 5.14. The first kappa shape index (κ1) is 12.4. The third-order valence-electron chi connectivity index (χ3n) is 3.13. The van der Waals surface area contributed by atoms with Gasteiger partial charge in [0.1, 0.15) is 12.0 Å². The van der Waals surface area contributed by atoms with Gasteiger partial charge in [0.2, 0.25) is 0 Å². The molecule has 1 saturated heterocycles. The maximum atomic E-state index is 10.8. The Morgan fingerprint density at radius 2 is 2.42 bits per heavy atom. The first-order valence-corrected chi connectivity index (χ1v) is 6.97. The quantitative estimate of drug-likeness (QED) is 0.935. The Morgan fingerprint density at radius 3 is 3.11 bits per heavy atom. The summed E-state index contributed by atoms with van der Waals surface area (Å²) in [5, 5.41) is 11.8. The van der Waals surface area contributed by atoms with Crippen molar-refractivity contribution < 1.29 is 19.1 Å². The molecule has 3 heterocycles. The molecule has 1 aliphatic heterocycles. The Bertz CT molecular complexity index is 583. The number of carboxylic acid groups (broad SMARTS) is 1. The highest BCUT2D eigenvalue weighted by molar-refractivity contribution is 7.10. The molecular formula is C13H13NO4S. The second-order valence-corrected chi connectivity index (χ2v) is 5.38. The Morgan fingerprint density at radius 1 is 1.53 bits per heavy atom. The summed E-state index contributed by atoms with van der Waals surface area (Å²) >= 11 is 1.57. The van der Waals surface area contributed by atoms with Crippen LogP contribution in [0.15, 0.2) is 22.1 Å². The molecule has 1 N–H and O–H groups in total. The smallest absolute Gasteiger partial charge is 0.338 e. The van der Waals surface area contributed by atoms with Crippen LogP contribution in [-0.4, -0.2) is 29.3 Å². The molecule has 3 rings (SSSR count). The van der Waals surface area contributed by atoms with Gasteiger partial charge in [0.25, 0.3) is 0 Å². The van der Waals surface area contributed by atoms with Gasteiger partial charge in [0.15, 0.2) is 5.76 Å². The number of hydrogen-bond donors (Lipinski definition) is 1. The number of carbonyl (C=O) groups is 1. The number of nitrogens with zero attached hydrogens (tertiary/aromatic N) is 1. The number of thiazole rings is 1. The highest BCUT2D eigenvalue weighted by Gasteiger charge is 2.20. The van der Waals surface area contributed by atoms with Crippen LogP contribution in [0.2, 0.25) is 0 Å². The summed E-state index contributed by atoms with van der Waals surface area (Å²) in [4.78, 5) is 15.3. The average molecular weight is 279 g/mol. The molecule has 0 radical (unpaired) electrons. The highest BCUT2D eigenvalue weighted by Crippen LogP contribution is 2.31. The molecule has 0 amide bonds. The van der Waals surface area contributed by atoms with Gasteiger partial charge in [0, 0.05) is 24.0 Å². The maximum Gasteiger partial charge on any atom is 0.338 e. The molecule has 0 aliphatic carbocycles. The Balaban J connectivity index is 1.81. The van der Waals surface area contributed by atoms with Crippen molar-refractivity contribution in [1.29, 1.82) is 0 Å². The van der Waals surface area contributed by atoms with Crippen molar-refractivity contribution in [1.82, 2.24) is 4.98 Å². The average Bonchev–Trinajstić information content (AvgIpc) is 3.09. The monoisotopic (exact) mass is 279 g/mol. The molecule has 1 atom stereocenters. The fourth-order valence-electron chi connectivity index (χ4n) is 2.11. The van der Waals surface area contributed by atoms with E-state index in [1.54, 1.807) is 11.3 Å². The number of carboxylic acids is 1. The van der Waals surface area contributed by atoms with E-state index >= 15 is 0 Å². The lowest BCUT2D eigenvalue weighted by atomic mass is 10.0. The number of hydrogen-bond acceptors (Lipinski definition) is 5. The molecule has 0 saturated carbocycles. The summed E-state index contributed by atoms with van der Waals surface area (Å²) < 4.78 is 10.7. The molecule has 0 spiro atoms. The summed E-state index contributed by atoms with van der Waals surface area (Å²) in [5.41, 5.74) is 0.837. The van der Waals surface area contributed by atoms with Gasteiger partial charge in [-0.2, -0.15) is 0 Å². The van der Waals surface area contributed by atoms with Crippen molar-refractivity contribution in [2.75, 3.05) is 13.2 Å². The minimum Gasteiger partial charge on any atom is -0.478 e. The van der Waals surface area contributed by atoms with Crippen molar-refractivity contribution >= 4 is 17.3 Å². The molecule has 1 fully saturated rings. The van der Waals surface area contributed by atoms with E-state index in [1.807, 2.05) is 5.38 Å². The van der Waals surface area contributed by atoms with E-state index in [2.05, 4.69) is 4.98 Å². The number of furan rings is 1. The van der Waals surface area contributed by atoms with Gasteiger partial charge in [-0.15, -0.1) is 11.3 Å². The van der Waals surface area contributed by atoms with Crippen LogP contribution in [-0.2, 0) is 4.74 Å². The molecular weight excluding hydrogens is 266 g/mol. The van der Waals surface area contributed by atoms with Crippen LogP contribution in [0.1, 0.15) is 34.1 Å². The van der Waals surface area contributed by atoms with E-state index in [9.17, 15) is 4.79 Å². The van der Waals surface area contributed by atoms with Crippen molar-refractivity contribution in [3.8, 4) is 11.5 Å². The molecule has 19 heavy (non-hydrogen) atoms. The summed E-state index contributed by atoms with van der Waals surface area (Å²) in [6.45, 7) is 1.54. The van der Waals surface area contributed by atoms with E-state index in [0.717, 1.165) is 24.5 Å². The van der Waals surface area contributed by atoms with Crippen LogP contribution in [0.5, 0.6) is 0 Å². The van der Waals surface area contributed by atoms with Gasteiger partial charge in [-0.1, -0.05) is 0 Å². The van der Waals surface area contributed by atoms with Crippen LogP contribution in [0.3, 0.4) is 0 Å². The fourth-order valence-corrected chi connectivity index (χ4v) is 3.04. The highest BCUT2D eigenvalue weighted by atomic mass is 32.1. The first-order valence-electron chi connectivity index (χ1n) is 6.09. The largest absolute Gasteiger partial charge is 0.478 e. The summed E-state index contributed by atoms with van der Waals surface area (Å²) in [7, 11) is 0. The zero-order valence-electron chi connectivity index (χ0n) is 10.2.